The maximum Gasteiger partial charge on any atom is 0.253 e. The van der Waals surface area contributed by atoms with E-state index in [0.717, 1.165) is 64.2 Å². The Morgan fingerprint density at radius 2 is 1.65 bits per heavy atom. The molecule has 0 bridgehead atoms. The molecular formula is C19H32Cl2N4O. The van der Waals surface area contributed by atoms with E-state index in [4.69, 9.17) is 0 Å². The molecule has 26 heavy (non-hydrogen) atoms. The van der Waals surface area contributed by atoms with Crippen LogP contribution in [0.5, 0.6) is 0 Å². The number of halogens is 2. The van der Waals surface area contributed by atoms with Crippen molar-refractivity contribution in [2.75, 3.05) is 53.4 Å². The molecule has 0 radical (unpaired) electrons. The number of carbonyl (C=O) groups excluding carboxylic acids is 1. The number of carbonyl (C=O) groups is 1. The summed E-state index contributed by atoms with van der Waals surface area (Å²) in [6, 6.07) is 8.57. The molecule has 0 spiro atoms. The van der Waals surface area contributed by atoms with Gasteiger partial charge < -0.3 is 15.1 Å². The van der Waals surface area contributed by atoms with Gasteiger partial charge in [0, 0.05) is 51.4 Å². The summed E-state index contributed by atoms with van der Waals surface area (Å²) < 4.78 is 0. The van der Waals surface area contributed by atoms with Crippen molar-refractivity contribution in [1.29, 1.82) is 0 Å². The van der Waals surface area contributed by atoms with E-state index < -0.39 is 0 Å². The van der Waals surface area contributed by atoms with Gasteiger partial charge in [0.25, 0.3) is 5.91 Å². The second kappa shape index (κ2) is 11.1. The summed E-state index contributed by atoms with van der Waals surface area (Å²) >= 11 is 0. The van der Waals surface area contributed by atoms with Crippen molar-refractivity contribution in [3.8, 4) is 0 Å². The molecular weight excluding hydrogens is 371 g/mol. The molecule has 1 aromatic rings. The predicted molar refractivity (Wildman–Crippen MR) is 112 cm³/mol. The van der Waals surface area contributed by atoms with Crippen LogP contribution in [0.4, 0.5) is 0 Å². The fraction of sp³-hybridized carbons (Fsp3) is 0.632. The monoisotopic (exact) mass is 402 g/mol. The Labute approximate surface area is 169 Å². The standard InChI is InChI=1S/C19H30N4O.2ClH/c1-21-11-13-23(14-12-21)15-16-3-5-17(6-4-16)19(24)22(2)18-7-9-20-10-8-18;;/h3-6,18,20H,7-15H2,1-2H3;2*1H. The molecule has 1 aromatic carbocycles. The Morgan fingerprint density at radius 3 is 2.23 bits per heavy atom. The molecule has 1 amide bonds. The van der Waals surface area contributed by atoms with Crippen LogP contribution in [0.1, 0.15) is 28.8 Å². The minimum Gasteiger partial charge on any atom is -0.339 e. The Balaban J connectivity index is 0.00000169. The van der Waals surface area contributed by atoms with Gasteiger partial charge in [-0.2, -0.15) is 0 Å². The lowest BCUT2D eigenvalue weighted by Gasteiger charge is -2.32. The molecule has 0 aromatic heterocycles. The topological polar surface area (TPSA) is 38.8 Å². The van der Waals surface area contributed by atoms with E-state index in [9.17, 15) is 4.79 Å². The summed E-state index contributed by atoms with van der Waals surface area (Å²) in [6.07, 6.45) is 2.09. The van der Waals surface area contributed by atoms with Crippen molar-refractivity contribution in [2.45, 2.75) is 25.4 Å². The van der Waals surface area contributed by atoms with Crippen LogP contribution in [0.3, 0.4) is 0 Å². The normalized spacial score (nSPS) is 19.3. The van der Waals surface area contributed by atoms with Gasteiger partial charge in [0.05, 0.1) is 0 Å². The summed E-state index contributed by atoms with van der Waals surface area (Å²) in [7, 11) is 4.12. The summed E-state index contributed by atoms with van der Waals surface area (Å²) in [4.78, 5) is 19.5. The average Bonchev–Trinajstić information content (AvgIpc) is 2.64. The molecule has 2 saturated heterocycles. The number of hydrogen-bond acceptors (Lipinski definition) is 4. The first-order valence-electron chi connectivity index (χ1n) is 9.11. The van der Waals surface area contributed by atoms with E-state index in [-0.39, 0.29) is 30.7 Å². The SMILES string of the molecule is CN1CCN(Cc2ccc(C(=O)N(C)C3CCNCC3)cc2)CC1.Cl.Cl. The number of likely N-dealkylation sites (N-methyl/N-ethyl adjacent to an activating group) is 1. The van der Waals surface area contributed by atoms with E-state index in [0.29, 0.717) is 6.04 Å². The summed E-state index contributed by atoms with van der Waals surface area (Å²) in [5.74, 6) is 0.146. The van der Waals surface area contributed by atoms with Crippen LogP contribution in [0.25, 0.3) is 0 Å². The lowest BCUT2D eigenvalue weighted by molar-refractivity contribution is 0.0703. The van der Waals surface area contributed by atoms with Crippen LogP contribution in [-0.4, -0.2) is 80.0 Å². The third-order valence-electron chi connectivity index (χ3n) is 5.38. The van der Waals surface area contributed by atoms with Crippen molar-refractivity contribution in [2.24, 2.45) is 0 Å². The van der Waals surface area contributed by atoms with Gasteiger partial charge in [-0.15, -0.1) is 24.8 Å². The lowest BCUT2D eigenvalue weighted by Crippen LogP contribution is -2.44. The zero-order valence-corrected chi connectivity index (χ0v) is 17.5. The molecule has 3 rings (SSSR count). The van der Waals surface area contributed by atoms with Crippen molar-refractivity contribution < 1.29 is 4.79 Å². The van der Waals surface area contributed by atoms with E-state index in [1.807, 2.05) is 24.1 Å². The van der Waals surface area contributed by atoms with Crippen LogP contribution in [0.15, 0.2) is 24.3 Å². The molecule has 2 heterocycles. The minimum atomic E-state index is 0. The fourth-order valence-electron chi connectivity index (χ4n) is 3.58. The number of hydrogen-bond donors (Lipinski definition) is 1. The molecule has 7 heteroatoms. The minimum absolute atomic E-state index is 0. The highest BCUT2D eigenvalue weighted by atomic mass is 35.5. The number of rotatable bonds is 4. The second-order valence-electron chi connectivity index (χ2n) is 7.17. The Kier molecular flexibility index (Phi) is 9.90. The molecule has 0 aliphatic carbocycles. The van der Waals surface area contributed by atoms with E-state index in [1.54, 1.807) is 0 Å². The number of amides is 1. The van der Waals surface area contributed by atoms with Crippen LogP contribution in [-0.2, 0) is 6.54 Å². The Morgan fingerprint density at radius 1 is 1.08 bits per heavy atom. The molecule has 0 atom stereocenters. The molecule has 2 aliphatic heterocycles. The fourth-order valence-corrected chi connectivity index (χ4v) is 3.58. The van der Waals surface area contributed by atoms with Gasteiger partial charge in [-0.25, -0.2) is 0 Å². The summed E-state index contributed by atoms with van der Waals surface area (Å²) in [6.45, 7) is 7.51. The Hall–Kier alpha value is -0.850. The smallest absolute Gasteiger partial charge is 0.253 e. The van der Waals surface area contributed by atoms with Gasteiger partial charge in [-0.3, -0.25) is 9.69 Å². The van der Waals surface area contributed by atoms with Gasteiger partial charge in [0.2, 0.25) is 0 Å². The third kappa shape index (κ3) is 6.10. The molecule has 2 fully saturated rings. The number of nitrogens with zero attached hydrogens (tertiary/aromatic N) is 3. The summed E-state index contributed by atoms with van der Waals surface area (Å²) in [5, 5.41) is 3.35. The maximum absolute atomic E-state index is 12.7. The quantitative estimate of drug-likeness (QED) is 0.836. The Bertz CT molecular complexity index is 541. The average molecular weight is 403 g/mol. The molecule has 2 aliphatic rings. The van der Waals surface area contributed by atoms with Crippen molar-refractivity contribution in [1.82, 2.24) is 20.0 Å². The highest BCUT2D eigenvalue weighted by molar-refractivity contribution is 5.94. The molecule has 0 unspecified atom stereocenters. The van der Waals surface area contributed by atoms with E-state index in [2.05, 4.69) is 34.3 Å². The van der Waals surface area contributed by atoms with Crippen molar-refractivity contribution in [3.05, 3.63) is 35.4 Å². The lowest BCUT2D eigenvalue weighted by atomic mass is 10.0. The molecule has 148 valence electrons. The highest BCUT2D eigenvalue weighted by Gasteiger charge is 2.22. The van der Waals surface area contributed by atoms with Gasteiger partial charge in [-0.1, -0.05) is 12.1 Å². The van der Waals surface area contributed by atoms with Gasteiger partial charge in [-0.05, 0) is 50.7 Å². The van der Waals surface area contributed by atoms with Crippen molar-refractivity contribution >= 4 is 30.7 Å². The third-order valence-corrected chi connectivity index (χ3v) is 5.38. The first kappa shape index (κ1) is 23.2. The van der Waals surface area contributed by atoms with Gasteiger partial charge in [0.15, 0.2) is 0 Å². The van der Waals surface area contributed by atoms with Crippen LogP contribution < -0.4 is 5.32 Å². The van der Waals surface area contributed by atoms with Crippen LogP contribution >= 0.6 is 24.8 Å². The first-order valence-corrected chi connectivity index (χ1v) is 9.11. The molecule has 5 nitrogen and oxygen atoms in total. The number of benzene rings is 1. The molecule has 0 saturated carbocycles. The van der Waals surface area contributed by atoms with Gasteiger partial charge >= 0.3 is 0 Å². The number of nitrogens with one attached hydrogen (secondary N) is 1. The second-order valence-corrected chi connectivity index (χ2v) is 7.17. The summed E-state index contributed by atoms with van der Waals surface area (Å²) in [5.41, 5.74) is 2.10. The number of piperazine rings is 1. The van der Waals surface area contributed by atoms with Gasteiger partial charge in [0.1, 0.15) is 0 Å². The highest BCUT2D eigenvalue weighted by Crippen LogP contribution is 2.15. The zero-order valence-electron chi connectivity index (χ0n) is 15.8. The largest absolute Gasteiger partial charge is 0.339 e. The first-order chi connectivity index (χ1) is 11.6. The molecule has 1 N–H and O–H groups in total. The predicted octanol–water partition coefficient (Wildman–Crippen LogP) is 2.10. The van der Waals surface area contributed by atoms with Crippen molar-refractivity contribution in [3.63, 3.8) is 0 Å². The number of piperidine rings is 1. The zero-order chi connectivity index (χ0) is 16.9. The van der Waals surface area contributed by atoms with E-state index >= 15 is 0 Å². The van der Waals surface area contributed by atoms with E-state index in [1.165, 1.54) is 5.56 Å². The van der Waals surface area contributed by atoms with Crippen LogP contribution in [0, 0.1) is 0 Å². The van der Waals surface area contributed by atoms with Crippen LogP contribution in [0.2, 0.25) is 0 Å². The maximum atomic E-state index is 12.7.